The van der Waals surface area contributed by atoms with Crippen LogP contribution in [0.5, 0.6) is 0 Å². The molecule has 152 valence electrons. The van der Waals surface area contributed by atoms with Crippen molar-refractivity contribution in [2.45, 2.75) is 51.4 Å². The number of carbonyl (C=O) groups excluding carboxylic acids is 3. The van der Waals surface area contributed by atoms with Crippen LogP contribution in [0.4, 0.5) is 0 Å². The van der Waals surface area contributed by atoms with E-state index < -0.39 is 66.8 Å². The van der Waals surface area contributed by atoms with Gasteiger partial charge in [0.1, 0.15) is 0 Å². The first-order chi connectivity index (χ1) is 12.4. The van der Waals surface area contributed by atoms with Gasteiger partial charge in [-0.1, -0.05) is 0 Å². The Balaban J connectivity index is 7.16. The molecule has 0 aromatic carbocycles. The van der Waals surface area contributed by atoms with Crippen molar-refractivity contribution in [3.05, 3.63) is 0 Å². The Bertz CT molecular complexity index is 520. The van der Waals surface area contributed by atoms with Gasteiger partial charge in [-0.15, -0.1) is 0 Å². The Morgan fingerprint density at radius 3 is 1.22 bits per heavy atom. The number of hydrogen-bond donors (Lipinski definition) is 3. The van der Waals surface area contributed by atoms with Crippen molar-refractivity contribution < 1.29 is 67.6 Å². The molecule has 0 amide bonds. The van der Waals surface area contributed by atoms with Crippen LogP contribution in [0.3, 0.4) is 0 Å². The van der Waals surface area contributed by atoms with Crippen molar-refractivity contribution in [3.8, 4) is 0 Å². The molecule has 0 aliphatic carbocycles. The molecule has 10 nitrogen and oxygen atoms in total. The van der Waals surface area contributed by atoms with Gasteiger partial charge >= 0.3 is 161 Å². The predicted octanol–water partition coefficient (Wildman–Crippen LogP) is 1.26. The standard InChI is InChI=1S/3C4H5O3.C4H9O.Zr/c3*1-3(5)2-4(6)7;1-2-3-4-5;/h3*2H,1H3,(H,6,7);2-4H2,1H3;/q;;;-1;+1. The maximum absolute atomic E-state index is 12.1. The number of aliphatic carboxylic acids is 3. The Hall–Kier alpha value is -1.74. The van der Waals surface area contributed by atoms with E-state index in [1.165, 1.54) is 0 Å². The van der Waals surface area contributed by atoms with Gasteiger partial charge in [0.25, 0.3) is 0 Å². The van der Waals surface area contributed by atoms with Gasteiger partial charge < -0.3 is 0 Å². The van der Waals surface area contributed by atoms with Crippen LogP contribution in [0, 0.1) is 0 Å². The second kappa shape index (κ2) is 10.6. The first-order valence-corrected chi connectivity index (χ1v) is 13.5. The zero-order valence-electron chi connectivity index (χ0n) is 15.6. The van der Waals surface area contributed by atoms with Gasteiger partial charge in [0.05, 0.1) is 0 Å². The predicted molar refractivity (Wildman–Crippen MR) is 87.1 cm³/mol. The van der Waals surface area contributed by atoms with E-state index in [0.29, 0.717) is 12.8 Å². The van der Waals surface area contributed by atoms with E-state index in [9.17, 15) is 44.1 Å². The summed E-state index contributed by atoms with van der Waals surface area (Å²) < 4.78 is -0.812. The van der Waals surface area contributed by atoms with Gasteiger partial charge in [-0.3, -0.25) is 0 Å². The summed E-state index contributed by atoms with van der Waals surface area (Å²) in [7, 11) is 0. The van der Waals surface area contributed by atoms with Crippen molar-refractivity contribution in [3.63, 3.8) is 0 Å². The van der Waals surface area contributed by atoms with Gasteiger partial charge in [-0.25, -0.2) is 0 Å². The second-order valence-electron chi connectivity index (χ2n) is 6.20. The first-order valence-electron chi connectivity index (χ1n) is 8.19. The molecule has 11 heteroatoms. The molecule has 0 radical (unpaired) electrons. The van der Waals surface area contributed by atoms with Crippen LogP contribution in [0.2, 0.25) is 10.9 Å². The molecule has 0 aromatic rings. The van der Waals surface area contributed by atoms with E-state index in [0.717, 1.165) is 20.8 Å². The molecule has 0 saturated carbocycles. The SMILES string of the molecule is CCCC[O][Zr]([CH](C(C)=O)C(=O)O)([CH](C(C)=O)C(=O)O)[CH](C(C)=O)C(=O)O. The van der Waals surface area contributed by atoms with Crippen LogP contribution in [-0.2, 0) is 52.3 Å². The fourth-order valence-corrected chi connectivity index (χ4v) is 15.6. The average Bonchev–Trinajstić information content (AvgIpc) is 2.44. The van der Waals surface area contributed by atoms with Gasteiger partial charge in [-0.2, -0.15) is 0 Å². The fraction of sp³-hybridized carbons (Fsp3) is 0.625. The quantitative estimate of drug-likeness (QED) is 0.264. The molecule has 0 saturated heterocycles. The van der Waals surface area contributed by atoms with Crippen molar-refractivity contribution in [2.24, 2.45) is 0 Å². The third kappa shape index (κ3) is 5.62. The van der Waals surface area contributed by atoms with Crippen molar-refractivity contribution in [2.75, 3.05) is 6.61 Å². The molecule has 0 heterocycles. The zero-order chi connectivity index (χ0) is 21.5. The summed E-state index contributed by atoms with van der Waals surface area (Å²) in [5.74, 6) is -8.53. The summed E-state index contributed by atoms with van der Waals surface area (Å²) in [6, 6.07) is 0. The van der Waals surface area contributed by atoms with Gasteiger partial charge in [0.2, 0.25) is 0 Å². The molecular weight excluding hydrogens is 443 g/mol. The molecule has 27 heavy (non-hydrogen) atoms. The van der Waals surface area contributed by atoms with Crippen LogP contribution >= 0.6 is 0 Å². The third-order valence-corrected chi connectivity index (χ3v) is 17.4. The fourth-order valence-electron chi connectivity index (χ4n) is 3.20. The van der Waals surface area contributed by atoms with E-state index in [2.05, 4.69) is 0 Å². The Labute approximate surface area is 160 Å². The van der Waals surface area contributed by atoms with Gasteiger partial charge in [0, 0.05) is 0 Å². The van der Waals surface area contributed by atoms with E-state index in [1.807, 2.05) is 0 Å². The number of ketones is 3. The molecule has 0 fully saturated rings. The summed E-state index contributed by atoms with van der Waals surface area (Å²) >= 11 is -5.99. The third-order valence-electron chi connectivity index (χ3n) is 4.16. The maximum atomic E-state index is 12.1. The number of Topliss-reactive ketones (excluding diaryl/α,β-unsaturated/α-hetero) is 3. The normalized spacial score (nSPS) is 16.4. The van der Waals surface area contributed by atoms with Gasteiger partial charge in [0.15, 0.2) is 0 Å². The minimum absolute atomic E-state index is 0.252. The van der Waals surface area contributed by atoms with Crippen LogP contribution in [-0.4, -0.2) is 57.2 Å². The van der Waals surface area contributed by atoms with Crippen molar-refractivity contribution in [1.82, 2.24) is 0 Å². The van der Waals surface area contributed by atoms with Crippen LogP contribution in [0.25, 0.3) is 0 Å². The summed E-state index contributed by atoms with van der Waals surface area (Å²) in [5, 5.41) is 28.8. The molecule has 0 aromatic heterocycles. The summed E-state index contributed by atoms with van der Waals surface area (Å²) in [5.41, 5.74) is 0. The van der Waals surface area contributed by atoms with Gasteiger partial charge in [-0.05, 0) is 0 Å². The molecule has 0 rings (SSSR count). The topological polar surface area (TPSA) is 172 Å². The molecule has 3 atom stereocenters. The number of unbranched alkanes of at least 4 members (excludes halogenated alkanes) is 1. The molecule has 0 aliphatic rings. The van der Waals surface area contributed by atoms with Crippen LogP contribution in [0.1, 0.15) is 40.5 Å². The molecule has 0 spiro atoms. The van der Waals surface area contributed by atoms with E-state index in [1.54, 1.807) is 6.92 Å². The summed E-state index contributed by atoms with van der Waals surface area (Å²) in [4.78, 5) is 72.0. The Morgan fingerprint density at radius 1 is 0.741 bits per heavy atom. The second-order valence-corrected chi connectivity index (χ2v) is 15.4. The average molecular weight is 468 g/mol. The molecule has 0 aliphatic heterocycles. The van der Waals surface area contributed by atoms with Crippen molar-refractivity contribution in [1.29, 1.82) is 0 Å². The molecule has 3 unspecified atom stereocenters. The molecule has 3 N–H and O–H groups in total. The van der Waals surface area contributed by atoms with E-state index >= 15 is 0 Å². The Kier molecular flexibility index (Phi) is 9.88. The molecular formula is C16H24O10Zr. The monoisotopic (exact) mass is 466 g/mol. The van der Waals surface area contributed by atoms with Crippen LogP contribution < -0.4 is 0 Å². The first kappa shape index (κ1) is 25.3. The zero-order valence-corrected chi connectivity index (χ0v) is 18.0. The summed E-state index contributed by atoms with van der Waals surface area (Å²) in [6.45, 7) is 4.06. The van der Waals surface area contributed by atoms with E-state index in [-0.39, 0.29) is 6.61 Å². The van der Waals surface area contributed by atoms with E-state index in [4.69, 9.17) is 2.81 Å². The number of carbonyl (C=O) groups is 6. The van der Waals surface area contributed by atoms with Crippen LogP contribution in [0.15, 0.2) is 0 Å². The van der Waals surface area contributed by atoms with Crippen molar-refractivity contribution >= 4 is 35.3 Å². The number of carboxylic acids is 3. The Morgan fingerprint density at radius 2 is 1.04 bits per heavy atom. The summed E-state index contributed by atoms with van der Waals surface area (Å²) in [6.07, 6.45) is 0.840. The number of rotatable bonds is 13. The minimum atomic E-state index is -5.99. The molecule has 0 bridgehead atoms. The number of hydrogen-bond acceptors (Lipinski definition) is 7. The number of carboxylic acid groups (broad SMARTS) is 3.